The fourth-order valence-electron chi connectivity index (χ4n) is 1.99. The molecule has 20 heavy (non-hydrogen) atoms. The van der Waals surface area contributed by atoms with E-state index in [9.17, 15) is 13.2 Å². The molecule has 2 aromatic carbocycles. The maximum absolute atomic E-state index is 12.6. The van der Waals surface area contributed by atoms with Gasteiger partial charge in [0, 0.05) is 12.6 Å². The molecule has 2 aromatic rings. The first-order valence-electron chi connectivity index (χ1n) is 6.41. The van der Waals surface area contributed by atoms with Crippen LogP contribution in [0.3, 0.4) is 0 Å². The minimum absolute atomic E-state index is 0.0887. The van der Waals surface area contributed by atoms with Crippen molar-refractivity contribution in [2.75, 3.05) is 0 Å². The monoisotopic (exact) mass is 279 g/mol. The molecule has 1 nitrogen and oxygen atoms in total. The Bertz CT molecular complexity index is 549. The SMILES string of the molecule is CC(NCc1cccc(C(F)(F)F)c1)c1ccccc1. The highest BCUT2D eigenvalue weighted by atomic mass is 19.4. The lowest BCUT2D eigenvalue weighted by Gasteiger charge is -2.15. The van der Waals surface area contributed by atoms with E-state index in [4.69, 9.17) is 0 Å². The van der Waals surface area contributed by atoms with Crippen LogP contribution in [0, 0.1) is 0 Å². The van der Waals surface area contributed by atoms with Crippen molar-refractivity contribution in [3.63, 3.8) is 0 Å². The molecule has 4 heteroatoms. The van der Waals surface area contributed by atoms with Crippen LogP contribution >= 0.6 is 0 Å². The zero-order valence-corrected chi connectivity index (χ0v) is 11.1. The van der Waals surface area contributed by atoms with Gasteiger partial charge in [0.1, 0.15) is 0 Å². The van der Waals surface area contributed by atoms with Crippen molar-refractivity contribution in [1.29, 1.82) is 0 Å². The highest BCUT2D eigenvalue weighted by molar-refractivity contribution is 5.26. The van der Waals surface area contributed by atoms with Crippen molar-refractivity contribution in [3.05, 3.63) is 71.3 Å². The quantitative estimate of drug-likeness (QED) is 0.865. The third-order valence-electron chi connectivity index (χ3n) is 3.17. The Kier molecular flexibility index (Phi) is 4.45. The molecule has 0 aliphatic heterocycles. The number of rotatable bonds is 4. The zero-order valence-electron chi connectivity index (χ0n) is 11.1. The van der Waals surface area contributed by atoms with E-state index in [2.05, 4.69) is 5.32 Å². The maximum atomic E-state index is 12.6. The molecule has 0 aliphatic rings. The molecule has 2 rings (SSSR count). The summed E-state index contributed by atoms with van der Waals surface area (Å²) in [6.07, 6.45) is -4.29. The molecule has 0 spiro atoms. The van der Waals surface area contributed by atoms with E-state index in [1.54, 1.807) is 6.07 Å². The molecular formula is C16H16F3N. The van der Waals surface area contributed by atoms with Crippen LogP contribution in [0.15, 0.2) is 54.6 Å². The Labute approximate surface area is 116 Å². The molecule has 0 aromatic heterocycles. The highest BCUT2D eigenvalue weighted by Gasteiger charge is 2.30. The van der Waals surface area contributed by atoms with Crippen molar-refractivity contribution < 1.29 is 13.2 Å². The summed E-state index contributed by atoms with van der Waals surface area (Å²) in [6.45, 7) is 2.39. The first-order valence-corrected chi connectivity index (χ1v) is 6.41. The predicted octanol–water partition coefficient (Wildman–Crippen LogP) is 4.56. The first kappa shape index (κ1) is 14.6. The minimum Gasteiger partial charge on any atom is -0.306 e. The van der Waals surface area contributed by atoms with E-state index >= 15 is 0 Å². The van der Waals surface area contributed by atoms with Gasteiger partial charge in [-0.15, -0.1) is 0 Å². The Morgan fingerprint density at radius 2 is 1.70 bits per heavy atom. The van der Waals surface area contributed by atoms with E-state index in [1.165, 1.54) is 12.1 Å². The van der Waals surface area contributed by atoms with Gasteiger partial charge in [0.15, 0.2) is 0 Å². The Hall–Kier alpha value is -1.81. The lowest BCUT2D eigenvalue weighted by Crippen LogP contribution is -2.18. The molecule has 0 heterocycles. The fourth-order valence-corrected chi connectivity index (χ4v) is 1.99. The number of nitrogens with one attached hydrogen (secondary N) is 1. The van der Waals surface area contributed by atoms with Crippen molar-refractivity contribution in [3.8, 4) is 0 Å². The van der Waals surface area contributed by atoms with Gasteiger partial charge >= 0.3 is 6.18 Å². The lowest BCUT2D eigenvalue weighted by molar-refractivity contribution is -0.137. The van der Waals surface area contributed by atoms with E-state index < -0.39 is 11.7 Å². The predicted molar refractivity (Wildman–Crippen MR) is 73.1 cm³/mol. The second-order valence-corrected chi connectivity index (χ2v) is 4.71. The van der Waals surface area contributed by atoms with Gasteiger partial charge in [0.05, 0.1) is 5.56 Å². The molecule has 106 valence electrons. The maximum Gasteiger partial charge on any atom is 0.416 e. The summed E-state index contributed by atoms with van der Waals surface area (Å²) in [5.41, 5.74) is 1.13. The fraction of sp³-hybridized carbons (Fsp3) is 0.250. The van der Waals surface area contributed by atoms with Crippen LogP contribution in [0.5, 0.6) is 0 Å². The second-order valence-electron chi connectivity index (χ2n) is 4.71. The summed E-state index contributed by atoms with van der Waals surface area (Å²) in [5.74, 6) is 0. The lowest BCUT2D eigenvalue weighted by atomic mass is 10.1. The van der Waals surface area contributed by atoms with Crippen LogP contribution < -0.4 is 5.32 Å². The third-order valence-corrected chi connectivity index (χ3v) is 3.17. The van der Waals surface area contributed by atoms with Crippen LogP contribution in [0.25, 0.3) is 0 Å². The van der Waals surface area contributed by atoms with E-state index in [-0.39, 0.29) is 6.04 Å². The minimum atomic E-state index is -4.29. The van der Waals surface area contributed by atoms with E-state index in [0.29, 0.717) is 12.1 Å². The average Bonchev–Trinajstić information content (AvgIpc) is 2.45. The van der Waals surface area contributed by atoms with Crippen LogP contribution in [0.4, 0.5) is 13.2 Å². The summed E-state index contributed by atoms with van der Waals surface area (Å²) in [4.78, 5) is 0. The van der Waals surface area contributed by atoms with E-state index in [1.807, 2.05) is 37.3 Å². The van der Waals surface area contributed by atoms with Crippen molar-refractivity contribution in [2.24, 2.45) is 0 Å². The molecular weight excluding hydrogens is 263 g/mol. The molecule has 0 saturated heterocycles. The smallest absolute Gasteiger partial charge is 0.306 e. The average molecular weight is 279 g/mol. The summed E-state index contributed by atoms with van der Waals surface area (Å²) in [5, 5.41) is 3.23. The number of halogens is 3. The third kappa shape index (κ3) is 3.84. The summed E-state index contributed by atoms with van der Waals surface area (Å²) >= 11 is 0. The number of benzene rings is 2. The Morgan fingerprint density at radius 1 is 1.00 bits per heavy atom. The van der Waals surface area contributed by atoms with Crippen LogP contribution in [0.2, 0.25) is 0 Å². The van der Waals surface area contributed by atoms with Gasteiger partial charge in [-0.25, -0.2) is 0 Å². The largest absolute Gasteiger partial charge is 0.416 e. The van der Waals surface area contributed by atoms with Crippen molar-refractivity contribution in [2.45, 2.75) is 25.7 Å². The molecule has 1 atom stereocenters. The number of hydrogen-bond donors (Lipinski definition) is 1. The molecule has 0 aliphatic carbocycles. The molecule has 0 saturated carbocycles. The highest BCUT2D eigenvalue weighted by Crippen LogP contribution is 2.29. The second kappa shape index (κ2) is 6.09. The van der Waals surface area contributed by atoms with Crippen LogP contribution in [0.1, 0.15) is 29.7 Å². The van der Waals surface area contributed by atoms with Crippen molar-refractivity contribution in [1.82, 2.24) is 5.32 Å². The molecule has 0 fully saturated rings. The molecule has 1 N–H and O–H groups in total. The van der Waals surface area contributed by atoms with Crippen molar-refractivity contribution >= 4 is 0 Å². The summed E-state index contributed by atoms with van der Waals surface area (Å²) in [7, 11) is 0. The van der Waals surface area contributed by atoms with Gasteiger partial charge in [-0.2, -0.15) is 13.2 Å². The van der Waals surface area contributed by atoms with Crippen LogP contribution in [-0.4, -0.2) is 0 Å². The van der Waals surface area contributed by atoms with E-state index in [0.717, 1.165) is 11.6 Å². The Balaban J connectivity index is 2.01. The molecule has 0 radical (unpaired) electrons. The van der Waals surface area contributed by atoms with Gasteiger partial charge in [0.25, 0.3) is 0 Å². The van der Waals surface area contributed by atoms with Gasteiger partial charge < -0.3 is 5.32 Å². The Morgan fingerprint density at radius 3 is 2.35 bits per heavy atom. The molecule has 0 bridgehead atoms. The zero-order chi connectivity index (χ0) is 14.6. The first-order chi connectivity index (χ1) is 9.47. The summed E-state index contributed by atoms with van der Waals surface area (Å²) in [6, 6.07) is 15.3. The topological polar surface area (TPSA) is 12.0 Å². The molecule has 0 amide bonds. The summed E-state index contributed by atoms with van der Waals surface area (Å²) < 4.78 is 37.8. The van der Waals surface area contributed by atoms with Gasteiger partial charge in [-0.05, 0) is 24.1 Å². The molecule has 1 unspecified atom stereocenters. The number of hydrogen-bond acceptors (Lipinski definition) is 1. The standard InChI is InChI=1S/C16H16F3N/c1-12(14-7-3-2-4-8-14)20-11-13-6-5-9-15(10-13)16(17,18)19/h2-10,12,20H,11H2,1H3. The van der Waals surface area contributed by atoms with Gasteiger partial charge in [-0.3, -0.25) is 0 Å². The van der Waals surface area contributed by atoms with Gasteiger partial charge in [-0.1, -0.05) is 48.5 Å². The van der Waals surface area contributed by atoms with Crippen LogP contribution in [-0.2, 0) is 12.7 Å². The normalized spacial score (nSPS) is 13.2. The number of alkyl halides is 3. The van der Waals surface area contributed by atoms with Gasteiger partial charge in [0.2, 0.25) is 0 Å².